The molecule has 1 unspecified atom stereocenters. The van der Waals surface area contributed by atoms with Crippen LogP contribution in [0.25, 0.3) is 0 Å². The van der Waals surface area contributed by atoms with Crippen LogP contribution >= 0.6 is 27.3 Å². The highest BCUT2D eigenvalue weighted by Crippen LogP contribution is 2.31. The lowest BCUT2D eigenvalue weighted by Gasteiger charge is -2.19. The van der Waals surface area contributed by atoms with E-state index in [4.69, 9.17) is 4.74 Å². The number of halogens is 1. The summed E-state index contributed by atoms with van der Waals surface area (Å²) in [6.45, 7) is 0. The van der Waals surface area contributed by atoms with Gasteiger partial charge < -0.3 is 10.1 Å². The molecule has 1 aromatic heterocycles. The number of ether oxygens (including phenoxy) is 1. The van der Waals surface area contributed by atoms with Crippen LogP contribution in [0.15, 0.2) is 40.2 Å². The van der Waals surface area contributed by atoms with E-state index in [2.05, 4.69) is 50.9 Å². The number of benzene rings is 1. The number of thiophene rings is 1. The Hall–Kier alpha value is -0.840. The van der Waals surface area contributed by atoms with Crippen molar-refractivity contribution in [2.75, 3.05) is 14.2 Å². The van der Waals surface area contributed by atoms with Gasteiger partial charge in [0.15, 0.2) is 0 Å². The van der Waals surface area contributed by atoms with Gasteiger partial charge in [0.05, 0.1) is 7.11 Å². The summed E-state index contributed by atoms with van der Waals surface area (Å²) < 4.78 is 6.50. The molecule has 0 aliphatic carbocycles. The summed E-state index contributed by atoms with van der Waals surface area (Å²) >= 11 is 5.26. The topological polar surface area (TPSA) is 21.3 Å². The van der Waals surface area contributed by atoms with Gasteiger partial charge in [0.1, 0.15) is 5.75 Å². The Kier molecular flexibility index (Phi) is 4.80. The van der Waals surface area contributed by atoms with E-state index in [-0.39, 0.29) is 6.04 Å². The van der Waals surface area contributed by atoms with Crippen LogP contribution in [-0.4, -0.2) is 14.2 Å². The van der Waals surface area contributed by atoms with Crippen molar-refractivity contribution >= 4 is 27.3 Å². The molecule has 0 fully saturated rings. The normalized spacial score (nSPS) is 12.4. The van der Waals surface area contributed by atoms with Crippen molar-refractivity contribution in [1.29, 1.82) is 0 Å². The molecule has 0 spiro atoms. The van der Waals surface area contributed by atoms with Gasteiger partial charge in [0.25, 0.3) is 0 Å². The molecule has 0 aliphatic rings. The van der Waals surface area contributed by atoms with Gasteiger partial charge in [-0.25, -0.2) is 0 Å². The lowest BCUT2D eigenvalue weighted by molar-refractivity contribution is 0.401. The largest absolute Gasteiger partial charge is 0.496 e. The molecule has 0 radical (unpaired) electrons. The van der Waals surface area contributed by atoms with E-state index in [0.717, 1.165) is 16.6 Å². The number of methoxy groups -OCH3 is 1. The van der Waals surface area contributed by atoms with E-state index in [1.54, 1.807) is 18.4 Å². The smallest absolute Gasteiger partial charge is 0.124 e. The number of rotatable bonds is 5. The summed E-state index contributed by atoms with van der Waals surface area (Å²) in [5.74, 6) is 0.917. The van der Waals surface area contributed by atoms with Crippen molar-refractivity contribution in [3.63, 3.8) is 0 Å². The molecule has 2 nitrogen and oxygen atoms in total. The molecule has 96 valence electrons. The molecule has 1 aromatic carbocycles. The summed E-state index contributed by atoms with van der Waals surface area (Å²) in [6, 6.07) is 10.7. The first kappa shape index (κ1) is 13.6. The highest BCUT2D eigenvalue weighted by atomic mass is 79.9. The van der Waals surface area contributed by atoms with Crippen molar-refractivity contribution in [2.45, 2.75) is 12.5 Å². The summed E-state index contributed by atoms with van der Waals surface area (Å²) in [6.07, 6.45) is 0.978. The minimum absolute atomic E-state index is 0.270. The fourth-order valence-electron chi connectivity index (χ4n) is 1.97. The number of nitrogens with one attached hydrogen (secondary N) is 1. The highest BCUT2D eigenvalue weighted by Gasteiger charge is 2.15. The van der Waals surface area contributed by atoms with E-state index in [1.165, 1.54) is 10.4 Å². The fourth-order valence-corrected chi connectivity index (χ4v) is 3.06. The molecule has 1 N–H and O–H groups in total. The molecule has 4 heteroatoms. The van der Waals surface area contributed by atoms with Crippen LogP contribution in [0.4, 0.5) is 0 Å². The van der Waals surface area contributed by atoms with Crippen molar-refractivity contribution in [3.8, 4) is 5.75 Å². The Morgan fingerprint density at radius 3 is 2.83 bits per heavy atom. The van der Waals surface area contributed by atoms with Crippen molar-refractivity contribution in [3.05, 3.63) is 50.6 Å². The zero-order valence-electron chi connectivity index (χ0n) is 10.4. The first-order chi connectivity index (χ1) is 8.74. The highest BCUT2D eigenvalue weighted by molar-refractivity contribution is 9.10. The minimum Gasteiger partial charge on any atom is -0.496 e. The minimum atomic E-state index is 0.270. The van der Waals surface area contributed by atoms with Crippen LogP contribution in [0.2, 0.25) is 0 Å². The lowest BCUT2D eigenvalue weighted by atomic mass is 10.0. The van der Waals surface area contributed by atoms with Gasteiger partial charge in [-0.05, 0) is 30.6 Å². The van der Waals surface area contributed by atoms with Gasteiger partial charge in [-0.3, -0.25) is 0 Å². The third-order valence-electron chi connectivity index (χ3n) is 2.90. The number of hydrogen-bond donors (Lipinski definition) is 1. The molecule has 0 amide bonds. The average molecular weight is 326 g/mol. The maximum atomic E-state index is 5.46. The van der Waals surface area contributed by atoms with E-state index < -0.39 is 0 Å². The van der Waals surface area contributed by atoms with Crippen molar-refractivity contribution < 1.29 is 4.74 Å². The van der Waals surface area contributed by atoms with E-state index in [9.17, 15) is 0 Å². The molecule has 0 bridgehead atoms. The van der Waals surface area contributed by atoms with E-state index >= 15 is 0 Å². The average Bonchev–Trinajstić information content (AvgIpc) is 2.89. The fraction of sp³-hybridized carbons (Fsp3) is 0.286. The maximum absolute atomic E-state index is 5.46. The third kappa shape index (κ3) is 3.13. The van der Waals surface area contributed by atoms with Crippen LogP contribution in [0.5, 0.6) is 5.75 Å². The molecule has 0 aliphatic heterocycles. The molecule has 1 heterocycles. The Bertz CT molecular complexity index is 499. The first-order valence-corrected chi connectivity index (χ1v) is 7.45. The zero-order chi connectivity index (χ0) is 13.0. The Morgan fingerprint density at radius 1 is 1.39 bits per heavy atom. The van der Waals surface area contributed by atoms with Crippen LogP contribution in [0, 0.1) is 0 Å². The Balaban J connectivity index is 2.26. The van der Waals surface area contributed by atoms with Crippen LogP contribution < -0.4 is 10.1 Å². The van der Waals surface area contributed by atoms with Gasteiger partial charge >= 0.3 is 0 Å². The number of likely N-dealkylation sites (N-methyl/N-ethyl adjacent to an activating group) is 1. The molecule has 1 atom stereocenters. The third-order valence-corrected chi connectivity index (χ3v) is 4.30. The van der Waals surface area contributed by atoms with Gasteiger partial charge in [0.2, 0.25) is 0 Å². The second-order valence-corrected chi connectivity index (χ2v) is 5.96. The molecule has 18 heavy (non-hydrogen) atoms. The summed E-state index contributed by atoms with van der Waals surface area (Å²) in [5, 5.41) is 5.47. The molecule has 0 saturated heterocycles. The van der Waals surface area contributed by atoms with Gasteiger partial charge in [0, 0.05) is 27.4 Å². The second-order valence-electron chi connectivity index (χ2n) is 4.01. The Labute approximate surface area is 120 Å². The molecule has 2 rings (SSSR count). The SMILES string of the molecule is CNC(Cc1cccs1)c1ccc(Br)cc1OC. The molecule has 2 aromatic rings. The predicted molar refractivity (Wildman–Crippen MR) is 80.5 cm³/mol. The lowest BCUT2D eigenvalue weighted by Crippen LogP contribution is -2.19. The second kappa shape index (κ2) is 6.36. The van der Waals surface area contributed by atoms with Crippen LogP contribution in [0.1, 0.15) is 16.5 Å². The zero-order valence-corrected chi connectivity index (χ0v) is 12.8. The standard InChI is InChI=1S/C14H16BrNOS/c1-16-13(9-11-4-3-7-18-11)12-6-5-10(15)8-14(12)17-2/h3-8,13,16H,9H2,1-2H3. The first-order valence-electron chi connectivity index (χ1n) is 5.77. The van der Waals surface area contributed by atoms with Gasteiger partial charge in [-0.1, -0.05) is 28.1 Å². The van der Waals surface area contributed by atoms with Gasteiger partial charge in [-0.2, -0.15) is 0 Å². The van der Waals surface area contributed by atoms with Crippen molar-refractivity contribution in [2.24, 2.45) is 0 Å². The monoisotopic (exact) mass is 325 g/mol. The predicted octanol–water partition coefficient (Wildman–Crippen LogP) is 4.02. The van der Waals surface area contributed by atoms with Gasteiger partial charge in [-0.15, -0.1) is 11.3 Å². The van der Waals surface area contributed by atoms with Crippen molar-refractivity contribution in [1.82, 2.24) is 5.32 Å². The molecular formula is C14H16BrNOS. The summed E-state index contributed by atoms with van der Waals surface area (Å²) in [4.78, 5) is 1.37. The quantitative estimate of drug-likeness (QED) is 0.896. The van der Waals surface area contributed by atoms with Crippen LogP contribution in [0.3, 0.4) is 0 Å². The summed E-state index contributed by atoms with van der Waals surface area (Å²) in [7, 11) is 3.70. The molecular weight excluding hydrogens is 310 g/mol. The summed E-state index contributed by atoms with van der Waals surface area (Å²) in [5.41, 5.74) is 1.19. The maximum Gasteiger partial charge on any atom is 0.124 e. The van der Waals surface area contributed by atoms with E-state index in [0.29, 0.717) is 0 Å². The number of hydrogen-bond acceptors (Lipinski definition) is 3. The molecule has 0 saturated carbocycles. The van der Waals surface area contributed by atoms with Crippen LogP contribution in [-0.2, 0) is 6.42 Å². The van der Waals surface area contributed by atoms with E-state index in [1.807, 2.05) is 13.1 Å². The Morgan fingerprint density at radius 2 is 2.22 bits per heavy atom.